The van der Waals surface area contributed by atoms with E-state index in [4.69, 9.17) is 6.11 Å². The summed E-state index contributed by atoms with van der Waals surface area (Å²) in [5.74, 6) is -0.309. The molecule has 0 bridgehead atoms. The summed E-state index contributed by atoms with van der Waals surface area (Å²) in [4.78, 5) is 11.1. The van der Waals surface area contributed by atoms with Crippen molar-refractivity contribution in [2.24, 2.45) is 5.41 Å². The fraction of sp³-hybridized carbons (Fsp3) is 0.875. The molecule has 0 aliphatic carbocycles. The molecule has 66 valence electrons. The van der Waals surface area contributed by atoms with Crippen molar-refractivity contribution in [2.75, 3.05) is 20.8 Å². The first-order valence-electron chi connectivity index (χ1n) is 4.05. The first-order valence-corrected chi connectivity index (χ1v) is 3.47. The molecule has 0 radical (unpaired) electrons. The van der Waals surface area contributed by atoms with Gasteiger partial charge < -0.3 is 9.47 Å². The Hall–Kier alpha value is -0.570. The maximum Gasteiger partial charge on any atom is 0.311 e. The molecule has 3 nitrogen and oxygen atoms in total. The van der Waals surface area contributed by atoms with E-state index >= 15 is 0 Å². The van der Waals surface area contributed by atoms with Gasteiger partial charge in [0.2, 0.25) is 0 Å². The van der Waals surface area contributed by atoms with Gasteiger partial charge in [0, 0.05) is 13.7 Å². The molecule has 0 aromatic carbocycles. The topological polar surface area (TPSA) is 35.5 Å². The Morgan fingerprint density at radius 3 is 2.45 bits per heavy atom. The zero-order chi connectivity index (χ0) is 9.78. The van der Waals surface area contributed by atoms with E-state index in [1.165, 1.54) is 14.2 Å². The van der Waals surface area contributed by atoms with Crippen LogP contribution in [0.4, 0.5) is 0 Å². The Morgan fingerprint density at radius 1 is 1.55 bits per heavy atom. The highest BCUT2D eigenvalue weighted by molar-refractivity contribution is 5.75. The normalized spacial score (nSPS) is 15.5. The van der Waals surface area contributed by atoms with Gasteiger partial charge in [-0.25, -0.2) is 0 Å². The van der Waals surface area contributed by atoms with Gasteiger partial charge in [-0.15, -0.1) is 0 Å². The Kier molecular flexibility index (Phi) is 3.36. The van der Waals surface area contributed by atoms with Gasteiger partial charge in [0.05, 0.1) is 13.9 Å². The van der Waals surface area contributed by atoms with Crippen LogP contribution >= 0.6 is 0 Å². The van der Waals surface area contributed by atoms with Crippen LogP contribution in [0.2, 0.25) is 0 Å². The van der Waals surface area contributed by atoms with E-state index in [1.807, 2.05) is 0 Å². The summed E-state index contributed by atoms with van der Waals surface area (Å²) in [5, 5.41) is 0. The van der Waals surface area contributed by atoms with Crippen LogP contribution < -0.4 is 0 Å². The summed E-state index contributed by atoms with van der Waals surface area (Å²) >= 11 is 0. The SMILES string of the molecule is [2H][C@H](CC(C)(C)C(=O)OC)OC. The first-order chi connectivity index (χ1) is 5.44. The molecule has 0 heterocycles. The molecule has 0 aliphatic heterocycles. The maximum absolute atomic E-state index is 11.1. The number of methoxy groups -OCH3 is 2. The van der Waals surface area contributed by atoms with Crippen molar-refractivity contribution in [3.05, 3.63) is 0 Å². The van der Waals surface area contributed by atoms with E-state index in [0.717, 1.165) is 0 Å². The lowest BCUT2D eigenvalue weighted by molar-refractivity contribution is -0.151. The third-order valence-corrected chi connectivity index (χ3v) is 1.50. The highest BCUT2D eigenvalue weighted by atomic mass is 16.5. The van der Waals surface area contributed by atoms with Crippen LogP contribution in [-0.4, -0.2) is 26.8 Å². The highest BCUT2D eigenvalue weighted by Crippen LogP contribution is 2.21. The number of carbonyl (C=O) groups is 1. The Morgan fingerprint density at radius 2 is 2.09 bits per heavy atom. The lowest BCUT2D eigenvalue weighted by Gasteiger charge is -2.20. The highest BCUT2D eigenvalue weighted by Gasteiger charge is 2.27. The zero-order valence-corrected chi connectivity index (χ0v) is 7.51. The van der Waals surface area contributed by atoms with Gasteiger partial charge in [-0.2, -0.15) is 0 Å². The minimum atomic E-state index is -0.668. The summed E-state index contributed by atoms with van der Waals surface area (Å²) in [5.41, 5.74) is -0.642. The molecular weight excluding hydrogens is 144 g/mol. The molecule has 0 spiro atoms. The summed E-state index contributed by atoms with van der Waals surface area (Å²) in [6, 6.07) is 0. The van der Waals surface area contributed by atoms with Crippen molar-refractivity contribution < 1.29 is 15.6 Å². The Labute approximate surface area is 69.1 Å². The van der Waals surface area contributed by atoms with Gasteiger partial charge in [0.15, 0.2) is 0 Å². The number of carbonyl (C=O) groups excluding carboxylic acids is 1. The average molecular weight is 161 g/mol. The van der Waals surface area contributed by atoms with Gasteiger partial charge in [0.25, 0.3) is 0 Å². The quantitative estimate of drug-likeness (QED) is 0.581. The van der Waals surface area contributed by atoms with Crippen molar-refractivity contribution in [2.45, 2.75) is 20.3 Å². The van der Waals surface area contributed by atoms with Gasteiger partial charge in [-0.05, 0) is 20.3 Å². The molecule has 3 heteroatoms. The average Bonchev–Trinajstić information content (AvgIpc) is 2.02. The number of hydrogen-bond acceptors (Lipinski definition) is 3. The fourth-order valence-corrected chi connectivity index (χ4v) is 0.651. The molecule has 0 rings (SSSR count). The van der Waals surface area contributed by atoms with Crippen LogP contribution in [0.3, 0.4) is 0 Å². The molecule has 0 N–H and O–H groups in total. The van der Waals surface area contributed by atoms with E-state index in [0.29, 0.717) is 6.42 Å². The lowest BCUT2D eigenvalue weighted by Crippen LogP contribution is -2.26. The smallest absolute Gasteiger partial charge is 0.311 e. The lowest BCUT2D eigenvalue weighted by atomic mass is 9.90. The molecule has 0 saturated carbocycles. The Bertz CT molecular complexity index is 156. The third-order valence-electron chi connectivity index (χ3n) is 1.50. The van der Waals surface area contributed by atoms with E-state index in [9.17, 15) is 4.79 Å². The predicted octanol–water partition coefficient (Wildman–Crippen LogP) is 1.22. The van der Waals surface area contributed by atoms with Crippen LogP contribution in [0.25, 0.3) is 0 Å². The first kappa shape index (κ1) is 8.53. The van der Waals surface area contributed by atoms with Crippen molar-refractivity contribution >= 4 is 5.97 Å². The molecule has 0 aromatic rings. The second-order valence-electron chi connectivity index (χ2n) is 2.98. The number of esters is 1. The van der Waals surface area contributed by atoms with Crippen LogP contribution in [0.1, 0.15) is 21.6 Å². The van der Waals surface area contributed by atoms with E-state index in [2.05, 4.69) is 4.74 Å². The van der Waals surface area contributed by atoms with Crippen LogP contribution in [-0.2, 0) is 14.3 Å². The molecule has 0 amide bonds. The van der Waals surface area contributed by atoms with Gasteiger partial charge in [-0.3, -0.25) is 4.79 Å². The fourth-order valence-electron chi connectivity index (χ4n) is 0.651. The zero-order valence-electron chi connectivity index (χ0n) is 8.51. The predicted molar refractivity (Wildman–Crippen MR) is 42.3 cm³/mol. The molecule has 0 saturated heterocycles. The van der Waals surface area contributed by atoms with E-state index < -0.39 is 12.0 Å². The monoisotopic (exact) mass is 161 g/mol. The number of ether oxygens (including phenoxy) is 2. The van der Waals surface area contributed by atoms with Crippen LogP contribution in [0.5, 0.6) is 0 Å². The van der Waals surface area contributed by atoms with Crippen molar-refractivity contribution in [3.63, 3.8) is 0 Å². The minimum absolute atomic E-state index is 0.309. The molecular formula is C8H16O3. The van der Waals surface area contributed by atoms with Crippen LogP contribution in [0, 0.1) is 5.41 Å². The molecule has 0 aromatic heterocycles. The molecule has 0 aliphatic rings. The molecule has 0 unspecified atom stereocenters. The molecule has 1 atom stereocenters. The summed E-state index contributed by atoms with van der Waals surface area (Å²) in [6.45, 7) is 2.80. The van der Waals surface area contributed by atoms with Gasteiger partial charge >= 0.3 is 5.97 Å². The minimum Gasteiger partial charge on any atom is -0.469 e. The van der Waals surface area contributed by atoms with E-state index in [-0.39, 0.29) is 5.97 Å². The summed E-state index contributed by atoms with van der Waals surface area (Å²) < 4.78 is 16.6. The van der Waals surface area contributed by atoms with Gasteiger partial charge in [0.1, 0.15) is 0 Å². The van der Waals surface area contributed by atoms with Gasteiger partial charge in [-0.1, -0.05) is 0 Å². The van der Waals surface area contributed by atoms with E-state index in [1.54, 1.807) is 13.8 Å². The maximum atomic E-state index is 11.1. The summed E-state index contributed by atoms with van der Waals surface area (Å²) in [6.07, 6.45) is 0.343. The number of rotatable bonds is 4. The number of hydrogen-bond donors (Lipinski definition) is 0. The third kappa shape index (κ3) is 3.37. The van der Waals surface area contributed by atoms with Crippen molar-refractivity contribution in [1.82, 2.24) is 0 Å². The molecule has 0 fully saturated rings. The Balaban J connectivity index is 4.11. The second kappa shape index (κ2) is 4.34. The molecule has 11 heavy (non-hydrogen) atoms. The largest absolute Gasteiger partial charge is 0.469 e. The summed E-state index contributed by atoms with van der Waals surface area (Å²) in [7, 11) is 2.79. The van der Waals surface area contributed by atoms with Crippen molar-refractivity contribution in [1.29, 1.82) is 0 Å². The standard InChI is InChI=1S/C8H16O3/c1-8(2,5-6-10-3)7(9)11-4/h5-6H2,1-4H3/i6D/t6-/m1/s1. The van der Waals surface area contributed by atoms with Crippen molar-refractivity contribution in [3.8, 4) is 0 Å². The second-order valence-corrected chi connectivity index (χ2v) is 2.98. The van der Waals surface area contributed by atoms with Crippen LogP contribution in [0.15, 0.2) is 0 Å².